The van der Waals surface area contributed by atoms with Gasteiger partial charge in [0, 0.05) is 25.2 Å². The number of likely N-dealkylation sites (N-methyl/N-ethyl adjacent to an activating group) is 1. The summed E-state index contributed by atoms with van der Waals surface area (Å²) in [6.45, 7) is 10.8. The Morgan fingerprint density at radius 3 is 2.71 bits per heavy atom. The minimum Gasteiger partial charge on any atom is -0.394 e. The van der Waals surface area contributed by atoms with E-state index in [1.807, 2.05) is 0 Å². The van der Waals surface area contributed by atoms with Gasteiger partial charge in [-0.15, -0.1) is 0 Å². The maximum absolute atomic E-state index is 9.88. The molecule has 0 radical (unpaired) electrons. The molecule has 0 aliphatic heterocycles. The Morgan fingerprint density at radius 1 is 1.38 bits per heavy atom. The monoisotopic (exact) mass is 300 g/mol. The van der Waals surface area contributed by atoms with E-state index in [9.17, 15) is 5.11 Å². The van der Waals surface area contributed by atoms with Crippen molar-refractivity contribution in [2.24, 2.45) is 5.92 Å². The lowest BCUT2D eigenvalue weighted by Gasteiger charge is -2.37. The molecule has 3 atom stereocenters. The van der Waals surface area contributed by atoms with Crippen LogP contribution in [0.2, 0.25) is 0 Å². The molecule has 1 aliphatic rings. The molecule has 4 heteroatoms. The molecular formula is C17H36N2O2. The Labute approximate surface area is 131 Å². The number of aliphatic hydroxyl groups is 1. The van der Waals surface area contributed by atoms with Gasteiger partial charge in [-0.05, 0) is 51.6 Å². The summed E-state index contributed by atoms with van der Waals surface area (Å²) in [5, 5.41) is 13.5. The fourth-order valence-corrected chi connectivity index (χ4v) is 3.75. The van der Waals surface area contributed by atoms with Crippen molar-refractivity contribution in [3.63, 3.8) is 0 Å². The Hall–Kier alpha value is -0.160. The molecule has 0 bridgehead atoms. The van der Waals surface area contributed by atoms with Gasteiger partial charge in [0.2, 0.25) is 0 Å². The van der Waals surface area contributed by atoms with E-state index in [0.29, 0.717) is 12.0 Å². The third-order valence-corrected chi connectivity index (χ3v) is 5.33. The highest BCUT2D eigenvalue weighted by Crippen LogP contribution is 2.37. The minimum atomic E-state index is -0.0306. The van der Waals surface area contributed by atoms with E-state index in [0.717, 1.165) is 32.7 Å². The Bertz CT molecular complexity index is 276. The molecule has 1 fully saturated rings. The molecule has 4 nitrogen and oxygen atoms in total. The lowest BCUT2D eigenvalue weighted by atomic mass is 9.85. The number of methoxy groups -OCH3 is 1. The number of rotatable bonds is 11. The smallest absolute Gasteiger partial charge is 0.0616 e. The summed E-state index contributed by atoms with van der Waals surface area (Å²) >= 11 is 0. The van der Waals surface area contributed by atoms with Crippen LogP contribution in [0.1, 0.15) is 52.9 Å². The van der Waals surface area contributed by atoms with Crippen LogP contribution >= 0.6 is 0 Å². The van der Waals surface area contributed by atoms with Crippen molar-refractivity contribution in [1.82, 2.24) is 10.2 Å². The van der Waals surface area contributed by atoms with Crippen LogP contribution in [0.15, 0.2) is 0 Å². The molecule has 1 rings (SSSR count). The predicted octanol–water partition coefficient (Wildman–Crippen LogP) is 2.26. The first-order chi connectivity index (χ1) is 10.1. The summed E-state index contributed by atoms with van der Waals surface area (Å²) < 4.78 is 5.25. The van der Waals surface area contributed by atoms with Gasteiger partial charge >= 0.3 is 0 Å². The largest absolute Gasteiger partial charge is 0.394 e. The Morgan fingerprint density at radius 2 is 2.14 bits per heavy atom. The van der Waals surface area contributed by atoms with Gasteiger partial charge in [-0.1, -0.05) is 20.3 Å². The molecule has 3 unspecified atom stereocenters. The van der Waals surface area contributed by atoms with Crippen molar-refractivity contribution in [2.45, 2.75) is 64.5 Å². The quantitative estimate of drug-likeness (QED) is 0.614. The van der Waals surface area contributed by atoms with Crippen LogP contribution in [0.5, 0.6) is 0 Å². The van der Waals surface area contributed by atoms with Crippen LogP contribution in [0.3, 0.4) is 0 Å². The maximum Gasteiger partial charge on any atom is 0.0616 e. The summed E-state index contributed by atoms with van der Waals surface area (Å²) in [6.07, 6.45) is 5.93. The number of hydrogen-bond donors (Lipinski definition) is 2. The summed E-state index contributed by atoms with van der Waals surface area (Å²) in [4.78, 5) is 2.54. The molecule has 0 amide bonds. The van der Waals surface area contributed by atoms with Crippen molar-refractivity contribution in [1.29, 1.82) is 0 Å². The van der Waals surface area contributed by atoms with Crippen molar-refractivity contribution in [3.05, 3.63) is 0 Å². The number of ether oxygens (including phenoxy) is 1. The lowest BCUT2D eigenvalue weighted by Crippen LogP contribution is -2.52. The topological polar surface area (TPSA) is 44.7 Å². The van der Waals surface area contributed by atoms with Gasteiger partial charge < -0.3 is 15.2 Å². The van der Waals surface area contributed by atoms with Crippen LogP contribution in [-0.2, 0) is 4.74 Å². The van der Waals surface area contributed by atoms with Crippen molar-refractivity contribution in [3.8, 4) is 0 Å². The molecule has 2 N–H and O–H groups in total. The minimum absolute atomic E-state index is 0.0306. The summed E-state index contributed by atoms with van der Waals surface area (Å²) in [7, 11) is 1.77. The average molecular weight is 300 g/mol. The highest BCUT2D eigenvalue weighted by Gasteiger charge is 2.41. The number of nitrogens with one attached hydrogen (secondary N) is 1. The van der Waals surface area contributed by atoms with Crippen LogP contribution in [0.25, 0.3) is 0 Å². The molecule has 0 saturated heterocycles. The highest BCUT2D eigenvalue weighted by atomic mass is 16.5. The van der Waals surface area contributed by atoms with Gasteiger partial charge in [-0.25, -0.2) is 0 Å². The second kappa shape index (κ2) is 9.78. The highest BCUT2D eigenvalue weighted by molar-refractivity contribution is 4.99. The fourth-order valence-electron chi connectivity index (χ4n) is 3.75. The zero-order valence-corrected chi connectivity index (χ0v) is 14.5. The van der Waals surface area contributed by atoms with E-state index in [1.165, 1.54) is 25.7 Å². The van der Waals surface area contributed by atoms with Crippen molar-refractivity contribution >= 4 is 0 Å². The standard InChI is InChI=1S/C17H36N2O2/c1-5-15(3)19(12-13-21-4)11-9-16-8-7-10-17(16,14-20)18-6-2/h15-16,18,20H,5-14H2,1-4H3. The molecule has 0 aromatic rings. The number of hydrogen-bond acceptors (Lipinski definition) is 4. The van der Waals surface area contributed by atoms with E-state index >= 15 is 0 Å². The molecule has 1 aliphatic carbocycles. The summed E-state index contributed by atoms with van der Waals surface area (Å²) in [5.41, 5.74) is -0.0306. The Kier molecular flexibility index (Phi) is 8.79. The van der Waals surface area contributed by atoms with E-state index in [-0.39, 0.29) is 12.1 Å². The van der Waals surface area contributed by atoms with Crippen molar-refractivity contribution < 1.29 is 9.84 Å². The predicted molar refractivity (Wildman–Crippen MR) is 88.7 cm³/mol. The SMILES string of the molecule is CCNC1(CO)CCCC1CCN(CCOC)C(C)CC. The molecule has 0 aromatic heterocycles. The number of nitrogens with zero attached hydrogens (tertiary/aromatic N) is 1. The van der Waals surface area contributed by atoms with E-state index in [2.05, 4.69) is 31.0 Å². The van der Waals surface area contributed by atoms with E-state index in [4.69, 9.17) is 4.74 Å². The molecule has 0 heterocycles. The van der Waals surface area contributed by atoms with Gasteiger partial charge in [0.25, 0.3) is 0 Å². The molecule has 1 saturated carbocycles. The maximum atomic E-state index is 9.88. The first-order valence-corrected chi connectivity index (χ1v) is 8.72. The second-order valence-electron chi connectivity index (χ2n) is 6.51. The normalized spacial score (nSPS) is 27.4. The molecule has 0 aromatic carbocycles. The van der Waals surface area contributed by atoms with Gasteiger partial charge in [0.15, 0.2) is 0 Å². The third kappa shape index (κ3) is 5.20. The molecule has 21 heavy (non-hydrogen) atoms. The average Bonchev–Trinajstić information content (AvgIpc) is 2.90. The van der Waals surface area contributed by atoms with Gasteiger partial charge in [-0.3, -0.25) is 4.90 Å². The molecular weight excluding hydrogens is 264 g/mol. The van der Waals surface area contributed by atoms with Gasteiger partial charge in [-0.2, -0.15) is 0 Å². The first-order valence-electron chi connectivity index (χ1n) is 8.72. The van der Waals surface area contributed by atoms with Gasteiger partial charge in [0.05, 0.1) is 13.2 Å². The zero-order valence-electron chi connectivity index (χ0n) is 14.5. The van der Waals surface area contributed by atoms with Crippen LogP contribution in [0, 0.1) is 5.92 Å². The van der Waals surface area contributed by atoms with E-state index in [1.54, 1.807) is 7.11 Å². The van der Waals surface area contributed by atoms with Gasteiger partial charge in [0.1, 0.15) is 0 Å². The van der Waals surface area contributed by atoms with E-state index < -0.39 is 0 Å². The molecule has 126 valence electrons. The lowest BCUT2D eigenvalue weighted by molar-refractivity contribution is 0.0919. The summed E-state index contributed by atoms with van der Waals surface area (Å²) in [5.74, 6) is 0.594. The third-order valence-electron chi connectivity index (χ3n) is 5.33. The summed E-state index contributed by atoms with van der Waals surface area (Å²) in [6, 6.07) is 0.601. The zero-order chi connectivity index (χ0) is 15.7. The first kappa shape index (κ1) is 18.9. The van der Waals surface area contributed by atoms with Crippen LogP contribution < -0.4 is 5.32 Å². The Balaban J connectivity index is 2.56. The fraction of sp³-hybridized carbons (Fsp3) is 1.00. The van der Waals surface area contributed by atoms with Crippen LogP contribution in [-0.4, -0.2) is 61.5 Å². The number of aliphatic hydroxyl groups excluding tert-OH is 1. The second-order valence-corrected chi connectivity index (χ2v) is 6.51. The molecule has 0 spiro atoms. The van der Waals surface area contributed by atoms with Crippen molar-refractivity contribution in [2.75, 3.05) is 40.0 Å². The van der Waals surface area contributed by atoms with Crippen LogP contribution in [0.4, 0.5) is 0 Å².